The number of carboxylic acid groups (broad SMARTS) is 1. The maximum Gasteiger partial charge on any atom is 0.323 e. The molecule has 0 radical (unpaired) electrons. The molecule has 3 N–H and O–H groups in total. The summed E-state index contributed by atoms with van der Waals surface area (Å²) >= 11 is 0. The quantitative estimate of drug-likeness (QED) is 0.732. The fourth-order valence-electron chi connectivity index (χ4n) is 2.97. The molecule has 0 spiro atoms. The third kappa shape index (κ3) is 3.45. The van der Waals surface area contributed by atoms with Crippen molar-refractivity contribution in [2.45, 2.75) is 64.5 Å². The van der Waals surface area contributed by atoms with Crippen molar-refractivity contribution in [2.75, 3.05) is 13.1 Å². The van der Waals surface area contributed by atoms with E-state index in [1.807, 2.05) is 0 Å². The molecule has 0 aromatic carbocycles. The number of hydrogen-bond acceptors (Lipinski definition) is 3. The number of nitrogens with two attached hydrogens (primary N) is 1. The number of carbonyl (C=O) groups is 1. The van der Waals surface area contributed by atoms with Crippen LogP contribution in [0.4, 0.5) is 0 Å². The number of rotatable bonds is 7. The standard InChI is InChI=1S/C14H28N2O2/c1-4-11(5-2)10-16(6-3)12-7-8-14(15,9-12)13(17)18/h11-12H,4-10,15H2,1-3H3,(H,17,18). The third-order valence-electron chi connectivity index (χ3n) is 4.52. The minimum Gasteiger partial charge on any atom is -0.480 e. The van der Waals surface area contributed by atoms with Crippen molar-refractivity contribution in [1.29, 1.82) is 0 Å². The molecule has 2 atom stereocenters. The lowest BCUT2D eigenvalue weighted by atomic mass is 9.98. The molecule has 18 heavy (non-hydrogen) atoms. The first-order valence-electron chi connectivity index (χ1n) is 7.23. The van der Waals surface area contributed by atoms with E-state index in [1.165, 1.54) is 12.8 Å². The predicted molar refractivity (Wildman–Crippen MR) is 73.5 cm³/mol. The van der Waals surface area contributed by atoms with Crippen LogP contribution in [0.2, 0.25) is 0 Å². The van der Waals surface area contributed by atoms with Gasteiger partial charge in [-0.1, -0.05) is 33.6 Å². The van der Waals surface area contributed by atoms with Crippen LogP contribution in [0.1, 0.15) is 52.9 Å². The normalized spacial score (nSPS) is 28.2. The second-order valence-electron chi connectivity index (χ2n) is 5.63. The van der Waals surface area contributed by atoms with Crippen molar-refractivity contribution in [3.8, 4) is 0 Å². The minimum atomic E-state index is -0.994. The SMILES string of the molecule is CCC(CC)CN(CC)C1CCC(N)(C(=O)O)C1. The predicted octanol–water partition coefficient (Wildman–Crippen LogP) is 2.08. The number of carboxylic acids is 1. The van der Waals surface area contributed by atoms with E-state index in [-0.39, 0.29) is 0 Å². The molecule has 4 heteroatoms. The highest BCUT2D eigenvalue weighted by atomic mass is 16.4. The lowest BCUT2D eigenvalue weighted by molar-refractivity contribution is -0.143. The maximum atomic E-state index is 11.2. The van der Waals surface area contributed by atoms with Crippen LogP contribution >= 0.6 is 0 Å². The lowest BCUT2D eigenvalue weighted by Crippen LogP contribution is -2.47. The van der Waals surface area contributed by atoms with Crippen LogP contribution in [-0.2, 0) is 4.79 Å². The van der Waals surface area contributed by atoms with Gasteiger partial charge in [0, 0.05) is 12.6 Å². The van der Waals surface area contributed by atoms with Gasteiger partial charge in [0.05, 0.1) is 0 Å². The number of hydrogen-bond donors (Lipinski definition) is 2. The first kappa shape index (κ1) is 15.4. The molecule has 0 saturated heterocycles. The van der Waals surface area contributed by atoms with Gasteiger partial charge in [0.2, 0.25) is 0 Å². The van der Waals surface area contributed by atoms with Gasteiger partial charge >= 0.3 is 5.97 Å². The molecule has 106 valence electrons. The lowest BCUT2D eigenvalue weighted by Gasteiger charge is -2.31. The van der Waals surface area contributed by atoms with Gasteiger partial charge in [0.25, 0.3) is 0 Å². The van der Waals surface area contributed by atoms with Crippen LogP contribution in [0.5, 0.6) is 0 Å². The highest BCUT2D eigenvalue weighted by molar-refractivity contribution is 5.79. The van der Waals surface area contributed by atoms with Crippen molar-refractivity contribution in [1.82, 2.24) is 4.90 Å². The summed E-state index contributed by atoms with van der Waals surface area (Å²) in [5.74, 6) is -0.133. The molecular weight excluding hydrogens is 228 g/mol. The van der Waals surface area contributed by atoms with Crippen LogP contribution in [-0.4, -0.2) is 40.6 Å². The van der Waals surface area contributed by atoms with E-state index in [2.05, 4.69) is 25.7 Å². The molecule has 2 unspecified atom stereocenters. The van der Waals surface area contributed by atoms with Gasteiger partial charge in [0.1, 0.15) is 5.54 Å². The van der Waals surface area contributed by atoms with Crippen molar-refractivity contribution < 1.29 is 9.90 Å². The molecule has 1 aliphatic carbocycles. The maximum absolute atomic E-state index is 11.2. The smallest absolute Gasteiger partial charge is 0.323 e. The van der Waals surface area contributed by atoms with E-state index in [0.29, 0.717) is 24.8 Å². The highest BCUT2D eigenvalue weighted by Gasteiger charge is 2.43. The van der Waals surface area contributed by atoms with E-state index in [4.69, 9.17) is 5.73 Å². The Morgan fingerprint density at radius 2 is 2.06 bits per heavy atom. The van der Waals surface area contributed by atoms with Gasteiger partial charge in [-0.2, -0.15) is 0 Å². The van der Waals surface area contributed by atoms with Crippen LogP contribution in [0.3, 0.4) is 0 Å². The zero-order chi connectivity index (χ0) is 13.8. The molecule has 1 saturated carbocycles. The molecule has 1 aliphatic rings. The monoisotopic (exact) mass is 256 g/mol. The molecule has 0 aliphatic heterocycles. The van der Waals surface area contributed by atoms with Crippen molar-refractivity contribution in [2.24, 2.45) is 11.7 Å². The summed E-state index contributed by atoms with van der Waals surface area (Å²) in [6.45, 7) is 8.66. The fourth-order valence-corrected chi connectivity index (χ4v) is 2.97. The fraction of sp³-hybridized carbons (Fsp3) is 0.929. The largest absolute Gasteiger partial charge is 0.480 e. The summed E-state index contributed by atoms with van der Waals surface area (Å²) in [6, 6.07) is 0.344. The van der Waals surface area contributed by atoms with Crippen LogP contribution in [0.15, 0.2) is 0 Å². The van der Waals surface area contributed by atoms with Crippen molar-refractivity contribution in [3.63, 3.8) is 0 Å². The Hall–Kier alpha value is -0.610. The average molecular weight is 256 g/mol. The zero-order valence-corrected chi connectivity index (χ0v) is 12.0. The summed E-state index contributed by atoms with van der Waals surface area (Å²) in [6.07, 6.45) is 4.48. The Labute approximate surface area is 111 Å². The summed E-state index contributed by atoms with van der Waals surface area (Å²) in [7, 11) is 0. The molecule has 0 heterocycles. The van der Waals surface area contributed by atoms with Crippen molar-refractivity contribution in [3.05, 3.63) is 0 Å². The summed E-state index contributed by atoms with van der Waals surface area (Å²) in [4.78, 5) is 13.6. The van der Waals surface area contributed by atoms with Gasteiger partial charge in [-0.25, -0.2) is 0 Å². The zero-order valence-electron chi connectivity index (χ0n) is 12.0. The molecule has 4 nitrogen and oxygen atoms in total. The third-order valence-corrected chi connectivity index (χ3v) is 4.52. The summed E-state index contributed by atoms with van der Waals surface area (Å²) in [5, 5.41) is 9.18. The Morgan fingerprint density at radius 1 is 1.44 bits per heavy atom. The first-order valence-corrected chi connectivity index (χ1v) is 7.23. The summed E-state index contributed by atoms with van der Waals surface area (Å²) < 4.78 is 0. The van der Waals surface area contributed by atoms with E-state index in [1.54, 1.807) is 0 Å². The number of aliphatic carboxylic acids is 1. The molecule has 0 amide bonds. The van der Waals surface area contributed by atoms with Gasteiger partial charge in [-0.3, -0.25) is 4.79 Å². The molecular formula is C14H28N2O2. The Kier molecular flexibility index (Phi) is 5.60. The van der Waals surface area contributed by atoms with Crippen LogP contribution in [0, 0.1) is 5.92 Å². The second-order valence-corrected chi connectivity index (χ2v) is 5.63. The molecule has 1 rings (SSSR count). The van der Waals surface area contributed by atoms with Crippen LogP contribution < -0.4 is 5.73 Å². The van der Waals surface area contributed by atoms with Gasteiger partial charge in [0.15, 0.2) is 0 Å². The van der Waals surface area contributed by atoms with Crippen molar-refractivity contribution >= 4 is 5.97 Å². The highest BCUT2D eigenvalue weighted by Crippen LogP contribution is 2.32. The van der Waals surface area contributed by atoms with E-state index >= 15 is 0 Å². The van der Waals surface area contributed by atoms with E-state index < -0.39 is 11.5 Å². The first-order chi connectivity index (χ1) is 8.46. The van der Waals surface area contributed by atoms with Crippen LogP contribution in [0.25, 0.3) is 0 Å². The second kappa shape index (κ2) is 6.53. The van der Waals surface area contributed by atoms with Gasteiger partial charge in [-0.15, -0.1) is 0 Å². The minimum absolute atomic E-state index is 0.344. The molecule has 0 aromatic heterocycles. The topological polar surface area (TPSA) is 66.6 Å². The molecule has 0 bridgehead atoms. The van der Waals surface area contributed by atoms with Gasteiger partial charge in [-0.05, 0) is 31.7 Å². The number of nitrogens with zero attached hydrogens (tertiary/aromatic N) is 1. The Bertz CT molecular complexity index is 279. The molecule has 0 aromatic rings. The average Bonchev–Trinajstić information content (AvgIpc) is 2.75. The van der Waals surface area contributed by atoms with E-state index in [9.17, 15) is 9.90 Å². The van der Waals surface area contributed by atoms with Gasteiger partial charge < -0.3 is 15.7 Å². The Balaban J connectivity index is 2.60. The Morgan fingerprint density at radius 3 is 2.44 bits per heavy atom. The summed E-state index contributed by atoms with van der Waals surface area (Å²) in [5.41, 5.74) is 4.96. The molecule has 1 fully saturated rings. The van der Waals surface area contributed by atoms with E-state index in [0.717, 1.165) is 19.5 Å².